The molecule has 9 nitrogen and oxygen atoms in total. The van der Waals surface area contributed by atoms with Crippen LogP contribution in [0, 0.1) is 10.1 Å². The lowest BCUT2D eigenvalue weighted by Gasteiger charge is -2.07. The summed E-state index contributed by atoms with van der Waals surface area (Å²) in [6.07, 6.45) is 1.32. The first-order valence-electron chi connectivity index (χ1n) is 6.16. The monoisotopic (exact) mass is 296 g/mol. The molecule has 1 aromatic carbocycles. The van der Waals surface area contributed by atoms with E-state index in [2.05, 4.69) is 0 Å². The fourth-order valence-electron chi connectivity index (χ4n) is 1.58. The topological polar surface area (TPSA) is 151 Å². The molecule has 0 aromatic heterocycles. The summed E-state index contributed by atoms with van der Waals surface area (Å²) in [6.45, 7) is 0.203. The third kappa shape index (κ3) is 5.07. The minimum Gasteiger partial charge on any atom is -0.487 e. The van der Waals surface area contributed by atoms with Crippen molar-refractivity contribution >= 4 is 17.5 Å². The van der Waals surface area contributed by atoms with E-state index in [1.807, 2.05) is 5.43 Å². The van der Waals surface area contributed by atoms with Gasteiger partial charge in [-0.05, 0) is 25.0 Å². The Kier molecular flexibility index (Phi) is 6.08. The average Bonchev–Trinajstić information content (AvgIpc) is 2.46. The first kappa shape index (κ1) is 16.4. The molecule has 0 saturated heterocycles. The van der Waals surface area contributed by atoms with E-state index in [4.69, 9.17) is 16.3 Å². The molecule has 1 rings (SSSR count). The molecule has 2 amide bonds. The van der Waals surface area contributed by atoms with Crippen molar-refractivity contribution in [3.63, 3.8) is 0 Å². The fraction of sp³-hybridized carbons (Fsp3) is 0.333. The van der Waals surface area contributed by atoms with Gasteiger partial charge < -0.3 is 10.5 Å². The molecule has 114 valence electrons. The van der Waals surface area contributed by atoms with Gasteiger partial charge >= 0.3 is 5.69 Å². The summed E-state index contributed by atoms with van der Waals surface area (Å²) in [7, 11) is 0. The third-order valence-electron chi connectivity index (χ3n) is 2.66. The number of nitrogens with two attached hydrogens (primary N) is 2. The molecule has 0 radical (unpaired) electrons. The Labute approximate surface area is 120 Å². The van der Waals surface area contributed by atoms with Crippen LogP contribution in [-0.4, -0.2) is 23.3 Å². The van der Waals surface area contributed by atoms with Gasteiger partial charge in [0, 0.05) is 18.1 Å². The second-order valence-electron chi connectivity index (χ2n) is 4.18. The van der Waals surface area contributed by atoms with Crippen molar-refractivity contribution in [3.8, 4) is 5.75 Å². The van der Waals surface area contributed by atoms with Gasteiger partial charge in [0.15, 0.2) is 5.75 Å². The van der Waals surface area contributed by atoms with E-state index in [0.29, 0.717) is 12.8 Å². The molecule has 0 spiro atoms. The Balaban J connectivity index is 2.60. The van der Waals surface area contributed by atoms with Gasteiger partial charge in [0.2, 0.25) is 11.8 Å². The van der Waals surface area contributed by atoms with Crippen molar-refractivity contribution < 1.29 is 19.2 Å². The highest BCUT2D eigenvalue weighted by Crippen LogP contribution is 2.28. The normalized spacial score (nSPS) is 9.95. The van der Waals surface area contributed by atoms with Gasteiger partial charge in [-0.15, -0.1) is 0 Å². The first-order chi connectivity index (χ1) is 9.95. The van der Waals surface area contributed by atoms with Gasteiger partial charge in [-0.3, -0.25) is 25.1 Å². The van der Waals surface area contributed by atoms with E-state index < -0.39 is 10.8 Å². The summed E-state index contributed by atoms with van der Waals surface area (Å²) in [4.78, 5) is 32.1. The molecule has 0 saturated carbocycles. The smallest absolute Gasteiger partial charge is 0.311 e. The average molecular weight is 296 g/mol. The van der Waals surface area contributed by atoms with Crippen LogP contribution in [0.4, 0.5) is 5.69 Å². The van der Waals surface area contributed by atoms with Gasteiger partial charge in [0.05, 0.1) is 11.5 Å². The van der Waals surface area contributed by atoms with Crippen LogP contribution in [0.25, 0.3) is 0 Å². The van der Waals surface area contributed by atoms with Gasteiger partial charge in [-0.2, -0.15) is 0 Å². The number of nitro groups is 1. The van der Waals surface area contributed by atoms with Gasteiger partial charge in [0.25, 0.3) is 0 Å². The van der Waals surface area contributed by atoms with Crippen molar-refractivity contribution in [1.29, 1.82) is 0 Å². The Morgan fingerprint density at radius 2 is 2.05 bits per heavy atom. The number of carbonyl (C=O) groups excluding carboxylic acids is 2. The molecule has 0 unspecified atom stereocenters. The maximum Gasteiger partial charge on any atom is 0.311 e. The molecule has 0 fully saturated rings. The van der Waals surface area contributed by atoms with Gasteiger partial charge in [-0.1, -0.05) is 0 Å². The molecule has 5 N–H and O–H groups in total. The number of carbonyl (C=O) groups is 2. The number of hydrogen-bond donors (Lipinski definition) is 3. The lowest BCUT2D eigenvalue weighted by molar-refractivity contribution is -0.385. The Morgan fingerprint density at radius 1 is 1.33 bits per heavy atom. The lowest BCUT2D eigenvalue weighted by atomic mass is 10.2. The van der Waals surface area contributed by atoms with E-state index >= 15 is 0 Å². The van der Waals surface area contributed by atoms with Gasteiger partial charge in [-0.25, -0.2) is 5.84 Å². The molecule has 0 bridgehead atoms. The quantitative estimate of drug-likeness (QED) is 0.205. The molecular weight excluding hydrogens is 280 g/mol. The number of amides is 2. The van der Waals surface area contributed by atoms with E-state index in [-0.39, 0.29) is 35.9 Å². The largest absolute Gasteiger partial charge is 0.487 e. The van der Waals surface area contributed by atoms with E-state index in [1.54, 1.807) is 0 Å². The second-order valence-corrected chi connectivity index (χ2v) is 4.18. The summed E-state index contributed by atoms with van der Waals surface area (Å²) < 4.78 is 5.29. The standard InChI is InChI=1S/C12H16N4O5/c13-12(18)8-4-5-10(9(7-8)16(19)20)21-6-2-1-3-11(17)15-14/h4-5,7H,1-3,6,14H2,(H2,13,18)(H,15,17). The summed E-state index contributed by atoms with van der Waals surface area (Å²) in [5.41, 5.74) is 6.77. The number of primary amides is 1. The summed E-state index contributed by atoms with van der Waals surface area (Å²) in [5, 5.41) is 10.9. The number of rotatable bonds is 8. The van der Waals surface area contributed by atoms with Crippen LogP contribution in [-0.2, 0) is 4.79 Å². The number of unbranched alkanes of at least 4 members (excludes halogenated alkanes) is 1. The molecule has 0 aliphatic carbocycles. The van der Waals surface area contributed by atoms with Crippen LogP contribution < -0.4 is 21.7 Å². The van der Waals surface area contributed by atoms with E-state index in [9.17, 15) is 19.7 Å². The molecule has 21 heavy (non-hydrogen) atoms. The number of nitrogens with one attached hydrogen (secondary N) is 1. The van der Waals surface area contributed by atoms with Crippen molar-refractivity contribution in [2.75, 3.05) is 6.61 Å². The molecule has 0 aliphatic rings. The van der Waals surface area contributed by atoms with Crippen LogP contribution in [0.15, 0.2) is 18.2 Å². The molecular formula is C12H16N4O5. The van der Waals surface area contributed by atoms with Crippen molar-refractivity contribution in [2.24, 2.45) is 11.6 Å². The highest BCUT2D eigenvalue weighted by Gasteiger charge is 2.17. The van der Waals surface area contributed by atoms with Crippen LogP contribution in [0.5, 0.6) is 5.75 Å². The number of nitro benzene ring substituents is 1. The minimum absolute atomic E-state index is 0.0358. The summed E-state index contributed by atoms with van der Waals surface area (Å²) >= 11 is 0. The SMILES string of the molecule is NNC(=O)CCCCOc1ccc(C(N)=O)cc1[N+](=O)[O-]. The van der Waals surface area contributed by atoms with Crippen LogP contribution in [0.2, 0.25) is 0 Å². The highest BCUT2D eigenvalue weighted by molar-refractivity contribution is 5.93. The number of benzene rings is 1. The fourth-order valence-corrected chi connectivity index (χ4v) is 1.58. The third-order valence-corrected chi connectivity index (χ3v) is 2.66. The predicted octanol–water partition coefficient (Wildman–Crippen LogP) is 0.233. The number of hydrazine groups is 1. The zero-order valence-corrected chi connectivity index (χ0v) is 11.2. The number of hydrogen-bond acceptors (Lipinski definition) is 6. The molecule has 0 heterocycles. The number of nitrogens with zero attached hydrogens (tertiary/aromatic N) is 1. The van der Waals surface area contributed by atoms with E-state index in [0.717, 1.165) is 6.07 Å². The summed E-state index contributed by atoms with van der Waals surface area (Å²) in [5.74, 6) is 3.94. The van der Waals surface area contributed by atoms with Crippen molar-refractivity contribution in [3.05, 3.63) is 33.9 Å². The maximum atomic E-state index is 11.0. The Hall–Kier alpha value is -2.68. The van der Waals surface area contributed by atoms with Crippen LogP contribution >= 0.6 is 0 Å². The second kappa shape index (κ2) is 7.80. The zero-order valence-electron chi connectivity index (χ0n) is 11.2. The molecule has 1 aromatic rings. The number of ether oxygens (including phenoxy) is 1. The minimum atomic E-state index is -0.752. The predicted molar refractivity (Wildman–Crippen MR) is 73.3 cm³/mol. The van der Waals surface area contributed by atoms with Gasteiger partial charge in [0.1, 0.15) is 0 Å². The molecule has 0 atom stereocenters. The Morgan fingerprint density at radius 3 is 2.62 bits per heavy atom. The molecule has 9 heteroatoms. The summed E-state index contributed by atoms with van der Waals surface area (Å²) in [6, 6.07) is 3.75. The van der Waals surface area contributed by atoms with Crippen molar-refractivity contribution in [1.82, 2.24) is 5.43 Å². The first-order valence-corrected chi connectivity index (χ1v) is 6.16. The van der Waals surface area contributed by atoms with Crippen LogP contribution in [0.1, 0.15) is 29.6 Å². The Bertz CT molecular complexity index is 546. The van der Waals surface area contributed by atoms with Crippen LogP contribution in [0.3, 0.4) is 0 Å². The maximum absolute atomic E-state index is 11.0. The lowest BCUT2D eigenvalue weighted by Crippen LogP contribution is -2.29. The highest BCUT2D eigenvalue weighted by atomic mass is 16.6. The molecule has 0 aliphatic heterocycles. The zero-order chi connectivity index (χ0) is 15.8. The van der Waals surface area contributed by atoms with E-state index in [1.165, 1.54) is 12.1 Å². The van der Waals surface area contributed by atoms with Crippen molar-refractivity contribution in [2.45, 2.75) is 19.3 Å².